The van der Waals surface area contributed by atoms with E-state index in [1.54, 1.807) is 21.7 Å². The summed E-state index contributed by atoms with van der Waals surface area (Å²) in [6.45, 7) is 2.47. The number of para-hydroxylation sites is 1. The summed E-state index contributed by atoms with van der Waals surface area (Å²) >= 11 is 1.40. The fourth-order valence-electron chi connectivity index (χ4n) is 4.59. The first-order valence-corrected chi connectivity index (χ1v) is 12.5. The van der Waals surface area contributed by atoms with E-state index in [-0.39, 0.29) is 23.9 Å². The third-order valence-corrected chi connectivity index (χ3v) is 7.24. The van der Waals surface area contributed by atoms with Crippen LogP contribution in [0, 0.1) is 12.7 Å². The molecule has 1 aliphatic rings. The number of carbonyl (C=O) groups excluding carboxylic acids is 2. The molecular weight excluding hydrogens is 491 g/mol. The highest BCUT2D eigenvalue weighted by atomic mass is 32.1. The van der Waals surface area contributed by atoms with Crippen LogP contribution in [-0.2, 0) is 17.8 Å². The fourth-order valence-corrected chi connectivity index (χ4v) is 5.44. The van der Waals surface area contributed by atoms with E-state index in [1.165, 1.54) is 23.5 Å². The fraction of sp³-hybridized carbons (Fsp3) is 0.148. The standard InChI is InChI=1S/C27H21FN6O2S/c1-16-25(30-27(37-16)29-24(35)15-34-23-9-5-4-8-21(23)31-32-34)18-10-11-22-17(14-18)12-13-33(22)26(36)19-6-2-3-7-20(19)28/h2-11,14H,12-13,15H2,1H3,(H,29,30,35). The van der Waals surface area contributed by atoms with Crippen molar-refractivity contribution in [2.24, 2.45) is 0 Å². The van der Waals surface area contributed by atoms with Gasteiger partial charge in [0.25, 0.3) is 5.91 Å². The van der Waals surface area contributed by atoms with Crippen LogP contribution in [0.1, 0.15) is 20.8 Å². The van der Waals surface area contributed by atoms with Gasteiger partial charge in [-0.15, -0.1) is 16.4 Å². The maximum Gasteiger partial charge on any atom is 0.261 e. The van der Waals surface area contributed by atoms with Gasteiger partial charge in [-0.05, 0) is 55.3 Å². The third kappa shape index (κ3) is 4.25. The molecule has 37 heavy (non-hydrogen) atoms. The Bertz CT molecular complexity index is 1680. The van der Waals surface area contributed by atoms with Crippen LogP contribution >= 0.6 is 11.3 Å². The van der Waals surface area contributed by atoms with Crippen molar-refractivity contribution in [2.45, 2.75) is 19.9 Å². The molecule has 2 aromatic heterocycles. The summed E-state index contributed by atoms with van der Waals surface area (Å²) in [4.78, 5) is 32.9. The number of hydrogen-bond donors (Lipinski definition) is 1. The number of aromatic nitrogens is 4. The highest BCUT2D eigenvalue weighted by Gasteiger charge is 2.28. The quantitative estimate of drug-likeness (QED) is 0.364. The van der Waals surface area contributed by atoms with Crippen molar-refractivity contribution < 1.29 is 14.0 Å². The molecule has 0 saturated heterocycles. The number of carbonyl (C=O) groups is 2. The van der Waals surface area contributed by atoms with Gasteiger partial charge in [-0.3, -0.25) is 9.59 Å². The second-order valence-corrected chi connectivity index (χ2v) is 9.94. The molecule has 10 heteroatoms. The van der Waals surface area contributed by atoms with Crippen LogP contribution in [0.4, 0.5) is 15.2 Å². The number of benzene rings is 3. The number of anilines is 2. The predicted molar refractivity (Wildman–Crippen MR) is 140 cm³/mol. The average molecular weight is 513 g/mol. The molecule has 0 fully saturated rings. The molecule has 5 aromatic rings. The lowest BCUT2D eigenvalue weighted by molar-refractivity contribution is -0.116. The number of fused-ring (bicyclic) bond motifs is 2. The van der Waals surface area contributed by atoms with E-state index in [9.17, 15) is 14.0 Å². The van der Waals surface area contributed by atoms with Gasteiger partial charge in [0.05, 0.1) is 16.8 Å². The first-order valence-electron chi connectivity index (χ1n) is 11.7. The van der Waals surface area contributed by atoms with Crippen molar-refractivity contribution >= 4 is 45.0 Å². The second-order valence-electron chi connectivity index (χ2n) is 8.74. The Hall–Kier alpha value is -4.44. The summed E-state index contributed by atoms with van der Waals surface area (Å²) in [6.07, 6.45) is 0.669. The summed E-state index contributed by atoms with van der Waals surface area (Å²) in [7, 11) is 0. The Morgan fingerprint density at radius 2 is 1.89 bits per heavy atom. The minimum atomic E-state index is -0.526. The lowest BCUT2D eigenvalue weighted by atomic mass is 10.1. The van der Waals surface area contributed by atoms with Crippen LogP contribution in [0.25, 0.3) is 22.3 Å². The van der Waals surface area contributed by atoms with Gasteiger partial charge in [-0.1, -0.05) is 35.5 Å². The second kappa shape index (κ2) is 9.21. The molecule has 0 radical (unpaired) electrons. The van der Waals surface area contributed by atoms with Gasteiger partial charge in [0, 0.05) is 22.7 Å². The van der Waals surface area contributed by atoms with E-state index in [2.05, 4.69) is 20.6 Å². The maximum atomic E-state index is 14.2. The van der Waals surface area contributed by atoms with E-state index < -0.39 is 5.82 Å². The lowest BCUT2D eigenvalue weighted by Gasteiger charge is -2.18. The summed E-state index contributed by atoms with van der Waals surface area (Å²) < 4.78 is 15.7. The molecule has 0 spiro atoms. The van der Waals surface area contributed by atoms with Gasteiger partial charge in [0.1, 0.15) is 17.9 Å². The highest BCUT2D eigenvalue weighted by Crippen LogP contribution is 2.36. The van der Waals surface area contributed by atoms with Crippen molar-refractivity contribution in [1.29, 1.82) is 0 Å². The van der Waals surface area contributed by atoms with Crippen LogP contribution in [0.3, 0.4) is 0 Å². The zero-order valence-electron chi connectivity index (χ0n) is 19.8. The topological polar surface area (TPSA) is 93.0 Å². The average Bonchev–Trinajstić information content (AvgIpc) is 3.60. The lowest BCUT2D eigenvalue weighted by Crippen LogP contribution is -2.29. The zero-order chi connectivity index (χ0) is 25.5. The first kappa shape index (κ1) is 23.0. The van der Waals surface area contributed by atoms with Gasteiger partial charge in [0.15, 0.2) is 5.13 Å². The Labute approximate surface area is 215 Å². The minimum Gasteiger partial charge on any atom is -0.308 e. The number of thiazole rings is 1. The van der Waals surface area contributed by atoms with Gasteiger partial charge < -0.3 is 10.2 Å². The molecule has 2 amide bonds. The van der Waals surface area contributed by atoms with Gasteiger partial charge >= 0.3 is 0 Å². The Kier molecular flexibility index (Phi) is 5.72. The van der Waals surface area contributed by atoms with Crippen LogP contribution in [0.15, 0.2) is 66.7 Å². The molecule has 0 saturated carbocycles. The molecule has 6 rings (SSSR count). The number of nitrogens with zero attached hydrogens (tertiary/aromatic N) is 5. The minimum absolute atomic E-state index is 0.0270. The van der Waals surface area contributed by atoms with E-state index in [0.717, 1.165) is 38.4 Å². The molecule has 0 aliphatic carbocycles. The van der Waals surface area contributed by atoms with Crippen molar-refractivity contribution in [3.8, 4) is 11.3 Å². The van der Waals surface area contributed by atoms with Crippen molar-refractivity contribution in [2.75, 3.05) is 16.8 Å². The molecule has 8 nitrogen and oxygen atoms in total. The highest BCUT2D eigenvalue weighted by molar-refractivity contribution is 7.16. The number of nitrogens with one attached hydrogen (secondary N) is 1. The molecule has 3 heterocycles. The first-order chi connectivity index (χ1) is 18.0. The molecule has 3 aromatic carbocycles. The molecular formula is C27H21FN6O2S. The van der Waals surface area contributed by atoms with Crippen LogP contribution in [-0.4, -0.2) is 38.3 Å². The molecule has 1 aliphatic heterocycles. The smallest absolute Gasteiger partial charge is 0.261 e. The van der Waals surface area contributed by atoms with Gasteiger partial charge in [-0.25, -0.2) is 14.1 Å². The van der Waals surface area contributed by atoms with Gasteiger partial charge in [0.2, 0.25) is 5.91 Å². The monoisotopic (exact) mass is 512 g/mol. The summed E-state index contributed by atoms with van der Waals surface area (Å²) in [6, 6.07) is 19.3. The van der Waals surface area contributed by atoms with Crippen molar-refractivity contribution in [3.05, 3.63) is 88.6 Å². The normalized spacial score (nSPS) is 12.6. The Morgan fingerprint density at radius 1 is 1.08 bits per heavy atom. The van der Waals surface area contributed by atoms with Crippen molar-refractivity contribution in [1.82, 2.24) is 20.0 Å². The molecule has 0 bridgehead atoms. The molecule has 1 N–H and O–H groups in total. The SMILES string of the molecule is Cc1sc(NC(=O)Cn2nnc3ccccc32)nc1-c1ccc2c(c1)CCN2C(=O)c1ccccc1F. The van der Waals surface area contributed by atoms with Crippen molar-refractivity contribution in [3.63, 3.8) is 0 Å². The van der Waals surface area contributed by atoms with Crippen LogP contribution in [0.2, 0.25) is 0 Å². The number of rotatable bonds is 5. The Morgan fingerprint density at radius 3 is 2.76 bits per heavy atom. The number of aryl methyl sites for hydroxylation is 1. The summed E-state index contributed by atoms with van der Waals surface area (Å²) in [5.41, 5.74) is 5.03. The third-order valence-electron chi connectivity index (χ3n) is 6.35. The van der Waals surface area contributed by atoms with E-state index in [4.69, 9.17) is 0 Å². The van der Waals surface area contributed by atoms with E-state index in [0.29, 0.717) is 18.1 Å². The number of halogens is 1. The zero-order valence-corrected chi connectivity index (χ0v) is 20.6. The molecule has 0 unspecified atom stereocenters. The van der Waals surface area contributed by atoms with E-state index in [1.807, 2.05) is 49.4 Å². The van der Waals surface area contributed by atoms with E-state index >= 15 is 0 Å². The molecule has 184 valence electrons. The van der Waals surface area contributed by atoms with Gasteiger partial charge in [-0.2, -0.15) is 0 Å². The summed E-state index contributed by atoms with van der Waals surface area (Å²) in [5, 5.41) is 11.5. The maximum absolute atomic E-state index is 14.2. The molecule has 0 atom stereocenters. The van der Waals surface area contributed by atoms with Crippen LogP contribution < -0.4 is 10.2 Å². The number of amides is 2. The summed E-state index contributed by atoms with van der Waals surface area (Å²) in [5.74, 6) is -1.12. The Balaban J connectivity index is 1.19. The number of hydrogen-bond acceptors (Lipinski definition) is 6. The van der Waals surface area contributed by atoms with Crippen LogP contribution in [0.5, 0.6) is 0 Å². The predicted octanol–water partition coefficient (Wildman–Crippen LogP) is 4.84. The largest absolute Gasteiger partial charge is 0.308 e.